The standard InChI is InChI=1S/C41H49N5O9/c1-8-14-34(47)43-22-31(45-38(51)55-39(4,5)6)36(49)46-23-27(20-32(46)35(48)40(9-2)24-41(40,42)37(50)53-10-3)54-33-21-29(25-15-12-11-13-16-25)44-30-19-26(52-7)17-18-28(30)33/h8-9,11-19,21,27,31-32H,2,10,20,22-24,42H2,1,3-7H3,(H,43,47)(H,45,51)/t27-,31+,32+,40+,41+/m1/s1. The van der Waals surface area contributed by atoms with Crippen molar-refractivity contribution in [3.63, 3.8) is 0 Å². The second kappa shape index (κ2) is 16.3. The number of pyridine rings is 1. The monoisotopic (exact) mass is 755 g/mol. The highest BCUT2D eigenvalue weighted by Crippen LogP contribution is 2.58. The molecule has 1 saturated heterocycles. The van der Waals surface area contributed by atoms with Gasteiger partial charge in [-0.1, -0.05) is 42.5 Å². The number of alkyl carbamates (subject to hydrolysis) is 1. The normalized spacial score (nSPS) is 22.4. The fourth-order valence-electron chi connectivity index (χ4n) is 6.84. The minimum atomic E-state index is -1.69. The average molecular weight is 756 g/mol. The molecular weight excluding hydrogens is 706 g/mol. The van der Waals surface area contributed by atoms with Crippen LogP contribution in [-0.2, 0) is 28.7 Å². The number of ether oxygens (including phenoxy) is 4. The van der Waals surface area contributed by atoms with Crippen molar-refractivity contribution in [1.29, 1.82) is 0 Å². The van der Waals surface area contributed by atoms with Gasteiger partial charge in [0.1, 0.15) is 34.8 Å². The zero-order valence-electron chi connectivity index (χ0n) is 32.0. The molecule has 292 valence electrons. The van der Waals surface area contributed by atoms with E-state index in [1.54, 1.807) is 59.9 Å². The highest BCUT2D eigenvalue weighted by molar-refractivity contribution is 6.06. The van der Waals surface area contributed by atoms with Gasteiger partial charge in [-0.25, -0.2) is 9.78 Å². The zero-order valence-corrected chi connectivity index (χ0v) is 32.0. The fourth-order valence-corrected chi connectivity index (χ4v) is 6.84. The molecule has 0 unspecified atom stereocenters. The van der Waals surface area contributed by atoms with Gasteiger partial charge in [0.2, 0.25) is 11.8 Å². The highest BCUT2D eigenvalue weighted by Gasteiger charge is 2.75. The van der Waals surface area contributed by atoms with Gasteiger partial charge < -0.3 is 40.2 Å². The summed E-state index contributed by atoms with van der Waals surface area (Å²) in [4.78, 5) is 73.9. The molecule has 4 N–H and O–H groups in total. The molecule has 2 aliphatic rings. The third-order valence-corrected chi connectivity index (χ3v) is 9.63. The van der Waals surface area contributed by atoms with E-state index in [0.29, 0.717) is 28.1 Å². The summed E-state index contributed by atoms with van der Waals surface area (Å²) in [5.41, 5.74) is 4.46. The number of rotatable bonds is 14. The highest BCUT2D eigenvalue weighted by atomic mass is 16.6. The van der Waals surface area contributed by atoms with E-state index in [4.69, 9.17) is 29.7 Å². The van der Waals surface area contributed by atoms with E-state index >= 15 is 0 Å². The Balaban J connectivity index is 1.54. The Bertz CT molecular complexity index is 1990. The summed E-state index contributed by atoms with van der Waals surface area (Å²) in [6.07, 6.45) is 2.42. The first-order chi connectivity index (χ1) is 26.1. The van der Waals surface area contributed by atoms with Gasteiger partial charge in [0.25, 0.3) is 0 Å². The minimum Gasteiger partial charge on any atom is -0.497 e. The molecule has 1 saturated carbocycles. The van der Waals surface area contributed by atoms with E-state index in [1.165, 1.54) is 23.1 Å². The largest absolute Gasteiger partial charge is 0.497 e. The lowest BCUT2D eigenvalue weighted by Gasteiger charge is -2.31. The van der Waals surface area contributed by atoms with Crippen LogP contribution in [0.5, 0.6) is 11.5 Å². The summed E-state index contributed by atoms with van der Waals surface area (Å²) in [5, 5.41) is 5.86. The number of nitrogens with two attached hydrogens (primary N) is 1. The molecule has 5 atom stereocenters. The summed E-state index contributed by atoms with van der Waals surface area (Å²) < 4.78 is 22.8. The van der Waals surface area contributed by atoms with Crippen LogP contribution in [0.15, 0.2) is 79.4 Å². The molecule has 2 fully saturated rings. The van der Waals surface area contributed by atoms with Gasteiger partial charge in [-0.15, -0.1) is 6.58 Å². The number of Topliss-reactive ketones (excluding diaryl/α,β-unsaturated/α-hetero) is 1. The average Bonchev–Trinajstić information content (AvgIpc) is 3.59. The van der Waals surface area contributed by atoms with Gasteiger partial charge in [-0.05, 0) is 59.2 Å². The van der Waals surface area contributed by atoms with Crippen molar-refractivity contribution in [3.8, 4) is 22.8 Å². The van der Waals surface area contributed by atoms with Gasteiger partial charge in [0.05, 0.1) is 42.9 Å². The summed E-state index contributed by atoms with van der Waals surface area (Å²) in [5.74, 6) is -1.43. The molecule has 0 bridgehead atoms. The predicted octanol–water partition coefficient (Wildman–Crippen LogP) is 4.25. The third-order valence-electron chi connectivity index (χ3n) is 9.63. The molecule has 1 aromatic heterocycles. The Kier molecular flexibility index (Phi) is 12.0. The van der Waals surface area contributed by atoms with Crippen LogP contribution in [0.2, 0.25) is 0 Å². The fraction of sp³-hybridized carbons (Fsp3) is 0.415. The molecule has 0 spiro atoms. The van der Waals surface area contributed by atoms with Gasteiger partial charge >= 0.3 is 12.1 Å². The van der Waals surface area contributed by atoms with Gasteiger partial charge in [0.15, 0.2) is 5.78 Å². The molecular formula is C41H49N5O9. The number of carbonyl (C=O) groups excluding carboxylic acids is 5. The Morgan fingerprint density at radius 1 is 1.11 bits per heavy atom. The number of esters is 1. The SMILES string of the molecule is C=C[C@@]1(C(=O)[C@@H]2C[C@@H](Oc3cc(-c4ccccc4)nc4cc(OC)ccc34)CN2C(=O)[C@H](CNC(=O)C=CC)NC(=O)OC(C)(C)C)C[C@]1(N)C(=O)OCC. The molecule has 1 aliphatic heterocycles. The van der Waals surface area contributed by atoms with Crippen LogP contribution in [0, 0.1) is 5.41 Å². The maximum Gasteiger partial charge on any atom is 0.408 e. The van der Waals surface area contributed by atoms with E-state index in [1.807, 2.05) is 36.4 Å². The van der Waals surface area contributed by atoms with Crippen LogP contribution < -0.4 is 25.8 Å². The van der Waals surface area contributed by atoms with Crippen molar-refractivity contribution < 1.29 is 42.9 Å². The minimum absolute atomic E-state index is 0.00377. The van der Waals surface area contributed by atoms with Crippen LogP contribution in [0.1, 0.15) is 47.5 Å². The number of fused-ring (bicyclic) bond motifs is 1. The molecule has 55 heavy (non-hydrogen) atoms. The van der Waals surface area contributed by atoms with Crippen molar-refractivity contribution in [2.75, 3.05) is 26.8 Å². The molecule has 1 aliphatic carbocycles. The van der Waals surface area contributed by atoms with Crippen LogP contribution in [0.3, 0.4) is 0 Å². The first-order valence-corrected chi connectivity index (χ1v) is 18.1. The molecule has 2 heterocycles. The lowest BCUT2D eigenvalue weighted by molar-refractivity contribution is -0.148. The van der Waals surface area contributed by atoms with E-state index in [9.17, 15) is 24.0 Å². The van der Waals surface area contributed by atoms with Crippen molar-refractivity contribution >= 4 is 40.6 Å². The summed E-state index contributed by atoms with van der Waals surface area (Å²) in [6.45, 7) is 11.8. The number of hydrogen-bond donors (Lipinski definition) is 3. The lowest BCUT2D eigenvalue weighted by Crippen LogP contribution is -2.57. The first-order valence-electron chi connectivity index (χ1n) is 18.1. The van der Waals surface area contributed by atoms with E-state index in [2.05, 4.69) is 17.2 Å². The van der Waals surface area contributed by atoms with E-state index in [0.717, 1.165) is 5.56 Å². The van der Waals surface area contributed by atoms with Crippen LogP contribution >= 0.6 is 0 Å². The smallest absolute Gasteiger partial charge is 0.408 e. The molecule has 3 aromatic rings. The first kappa shape index (κ1) is 40.4. The predicted molar refractivity (Wildman–Crippen MR) is 205 cm³/mol. The quantitative estimate of drug-likeness (QED) is 0.121. The van der Waals surface area contributed by atoms with Crippen molar-refractivity contribution in [2.45, 2.75) is 76.8 Å². The number of benzene rings is 2. The molecule has 3 amide bonds. The Morgan fingerprint density at radius 2 is 1.84 bits per heavy atom. The number of hydrogen-bond acceptors (Lipinski definition) is 11. The molecule has 2 aromatic carbocycles. The van der Waals surface area contributed by atoms with Crippen molar-refractivity contribution in [1.82, 2.24) is 20.5 Å². The van der Waals surface area contributed by atoms with Crippen LogP contribution in [0.4, 0.5) is 4.79 Å². The van der Waals surface area contributed by atoms with Gasteiger partial charge in [-0.2, -0.15) is 0 Å². The second-order valence-corrected chi connectivity index (χ2v) is 14.6. The Morgan fingerprint density at radius 3 is 2.47 bits per heavy atom. The maximum atomic E-state index is 14.7. The Labute approximate surface area is 320 Å². The second-order valence-electron chi connectivity index (χ2n) is 14.6. The molecule has 14 nitrogen and oxygen atoms in total. The number of amides is 3. The summed E-state index contributed by atoms with van der Waals surface area (Å²) >= 11 is 0. The summed E-state index contributed by atoms with van der Waals surface area (Å²) in [6, 6.07) is 14.2. The van der Waals surface area contributed by atoms with Gasteiger partial charge in [-0.3, -0.25) is 19.2 Å². The lowest BCUT2D eigenvalue weighted by atomic mass is 9.88. The molecule has 5 rings (SSSR count). The van der Waals surface area contributed by atoms with E-state index in [-0.39, 0.29) is 32.5 Å². The van der Waals surface area contributed by atoms with Crippen LogP contribution in [-0.4, -0.2) is 95.7 Å². The van der Waals surface area contributed by atoms with Crippen molar-refractivity contribution in [3.05, 3.63) is 79.4 Å². The molecule has 0 radical (unpaired) electrons. The summed E-state index contributed by atoms with van der Waals surface area (Å²) in [7, 11) is 1.56. The number of carbonyl (C=O) groups is 5. The van der Waals surface area contributed by atoms with Crippen LogP contribution in [0.25, 0.3) is 22.2 Å². The van der Waals surface area contributed by atoms with E-state index < -0.39 is 64.4 Å². The number of likely N-dealkylation sites (tertiary alicyclic amines) is 1. The number of nitrogens with one attached hydrogen (secondary N) is 2. The number of ketones is 1. The maximum absolute atomic E-state index is 14.7. The number of aromatic nitrogens is 1. The number of nitrogens with zero attached hydrogens (tertiary/aromatic N) is 2. The zero-order chi connectivity index (χ0) is 40.1. The third kappa shape index (κ3) is 8.64. The topological polar surface area (TPSA) is 188 Å². The number of allylic oxidation sites excluding steroid dienone is 1. The number of methoxy groups -OCH3 is 1. The van der Waals surface area contributed by atoms with Gasteiger partial charge in [0, 0.05) is 36.0 Å². The molecule has 14 heteroatoms. The Hall–Kier alpha value is -5.76. The van der Waals surface area contributed by atoms with Crippen molar-refractivity contribution in [2.24, 2.45) is 11.1 Å².